The number of nitrogens with zero attached hydrogens (tertiary/aromatic N) is 2. The number of anilines is 1. The zero-order valence-electron chi connectivity index (χ0n) is 8.22. The van der Waals surface area contributed by atoms with E-state index >= 15 is 0 Å². The third-order valence-corrected chi connectivity index (χ3v) is 3.39. The Morgan fingerprint density at radius 3 is 2.69 bits per heavy atom. The Bertz CT molecular complexity index is 487. The van der Waals surface area contributed by atoms with E-state index in [0.717, 1.165) is 15.0 Å². The molecule has 1 atom stereocenters. The molecule has 0 saturated carbocycles. The number of nitrogens with one attached hydrogen (secondary N) is 1. The van der Waals surface area contributed by atoms with E-state index in [9.17, 15) is 0 Å². The molecule has 0 bridgehead atoms. The molecule has 16 heavy (non-hydrogen) atoms. The number of nitriles is 1. The van der Waals surface area contributed by atoms with Crippen molar-refractivity contribution in [2.24, 2.45) is 0 Å². The van der Waals surface area contributed by atoms with E-state index < -0.39 is 0 Å². The lowest BCUT2D eigenvalue weighted by Crippen LogP contribution is -2.06. The normalized spacial score (nSPS) is 11.8. The van der Waals surface area contributed by atoms with E-state index in [1.54, 1.807) is 11.7 Å². The van der Waals surface area contributed by atoms with Gasteiger partial charge in [-0.1, -0.05) is 15.9 Å². The number of rotatable bonds is 3. The van der Waals surface area contributed by atoms with Crippen molar-refractivity contribution in [1.29, 1.82) is 5.26 Å². The highest BCUT2D eigenvalue weighted by molar-refractivity contribution is 9.10. The Hall–Kier alpha value is -1.38. The molecule has 5 heteroatoms. The molecule has 1 aromatic carbocycles. The van der Waals surface area contributed by atoms with Crippen molar-refractivity contribution in [3.63, 3.8) is 0 Å². The molecule has 1 N–H and O–H groups in total. The van der Waals surface area contributed by atoms with Gasteiger partial charge in [-0.25, -0.2) is 0 Å². The Morgan fingerprint density at radius 2 is 2.12 bits per heavy atom. The van der Waals surface area contributed by atoms with Gasteiger partial charge in [0, 0.05) is 16.4 Å². The van der Waals surface area contributed by atoms with Crippen molar-refractivity contribution in [1.82, 2.24) is 4.98 Å². The van der Waals surface area contributed by atoms with E-state index in [1.165, 1.54) is 11.3 Å². The first kappa shape index (κ1) is 11.1. The summed E-state index contributed by atoms with van der Waals surface area (Å²) in [4.78, 5) is 4.89. The average Bonchev–Trinajstić information content (AvgIpc) is 2.82. The summed E-state index contributed by atoms with van der Waals surface area (Å²) in [5.41, 5.74) is 2.64. The Kier molecular flexibility index (Phi) is 3.54. The lowest BCUT2D eigenvalue weighted by Gasteiger charge is -2.10. The summed E-state index contributed by atoms with van der Waals surface area (Å²) in [5.74, 6) is 0. The molecule has 0 aliphatic heterocycles. The second-order valence-electron chi connectivity index (χ2n) is 3.12. The molecule has 0 amide bonds. The van der Waals surface area contributed by atoms with Gasteiger partial charge >= 0.3 is 0 Å². The van der Waals surface area contributed by atoms with Crippen molar-refractivity contribution in [2.45, 2.75) is 6.04 Å². The van der Waals surface area contributed by atoms with Crippen LogP contribution in [0.15, 0.2) is 40.4 Å². The van der Waals surface area contributed by atoms with Gasteiger partial charge in [0.15, 0.2) is 6.04 Å². The van der Waals surface area contributed by atoms with Crippen LogP contribution in [0.3, 0.4) is 0 Å². The summed E-state index contributed by atoms with van der Waals surface area (Å²) in [6.45, 7) is 0. The first-order chi connectivity index (χ1) is 7.79. The van der Waals surface area contributed by atoms with Crippen LogP contribution in [0, 0.1) is 11.3 Å². The van der Waals surface area contributed by atoms with Gasteiger partial charge in [-0.3, -0.25) is 4.98 Å². The highest BCUT2D eigenvalue weighted by Crippen LogP contribution is 2.22. The van der Waals surface area contributed by atoms with Crippen LogP contribution >= 0.6 is 27.3 Å². The lowest BCUT2D eigenvalue weighted by atomic mass is 10.2. The third-order valence-electron chi connectivity index (χ3n) is 2.02. The van der Waals surface area contributed by atoms with E-state index in [2.05, 4.69) is 32.3 Å². The van der Waals surface area contributed by atoms with E-state index in [1.807, 2.05) is 24.3 Å². The van der Waals surface area contributed by atoms with E-state index in [-0.39, 0.29) is 6.04 Å². The van der Waals surface area contributed by atoms with Crippen molar-refractivity contribution in [3.05, 3.63) is 45.3 Å². The number of hydrogen-bond donors (Lipinski definition) is 1. The molecule has 0 fully saturated rings. The largest absolute Gasteiger partial charge is 0.365 e. The first-order valence-electron chi connectivity index (χ1n) is 4.59. The fourth-order valence-corrected chi connectivity index (χ4v) is 2.13. The van der Waals surface area contributed by atoms with Crippen LogP contribution in [-0.4, -0.2) is 4.98 Å². The van der Waals surface area contributed by atoms with Crippen molar-refractivity contribution < 1.29 is 0 Å². The second kappa shape index (κ2) is 5.10. The van der Waals surface area contributed by atoms with Gasteiger partial charge in [0.25, 0.3) is 0 Å². The zero-order chi connectivity index (χ0) is 11.4. The number of halogens is 1. The maximum atomic E-state index is 9.07. The number of benzene rings is 1. The van der Waals surface area contributed by atoms with Gasteiger partial charge in [0.2, 0.25) is 0 Å². The van der Waals surface area contributed by atoms with Crippen molar-refractivity contribution >= 4 is 33.0 Å². The minimum Gasteiger partial charge on any atom is -0.365 e. The molecule has 0 aliphatic rings. The van der Waals surface area contributed by atoms with Crippen LogP contribution in [0.5, 0.6) is 0 Å². The zero-order valence-corrected chi connectivity index (χ0v) is 10.6. The van der Waals surface area contributed by atoms with Crippen molar-refractivity contribution in [2.75, 3.05) is 5.32 Å². The van der Waals surface area contributed by atoms with Crippen LogP contribution in [0.2, 0.25) is 0 Å². The van der Waals surface area contributed by atoms with Gasteiger partial charge in [-0.05, 0) is 24.3 Å². The number of thiazole rings is 1. The molecule has 0 saturated heterocycles. The number of hydrogen-bond acceptors (Lipinski definition) is 4. The molecular weight excluding hydrogens is 286 g/mol. The van der Waals surface area contributed by atoms with Gasteiger partial charge in [-0.15, -0.1) is 11.3 Å². The quantitative estimate of drug-likeness (QED) is 0.941. The molecule has 2 aromatic rings. The molecule has 1 aromatic heterocycles. The Labute approximate surface area is 106 Å². The summed E-state index contributed by atoms with van der Waals surface area (Å²) < 4.78 is 1.02. The molecule has 3 nitrogen and oxygen atoms in total. The van der Waals surface area contributed by atoms with E-state index in [0.29, 0.717) is 0 Å². The van der Waals surface area contributed by atoms with Gasteiger partial charge in [0.05, 0.1) is 16.5 Å². The van der Waals surface area contributed by atoms with Crippen molar-refractivity contribution in [3.8, 4) is 6.07 Å². The van der Waals surface area contributed by atoms with Crippen LogP contribution in [0.1, 0.15) is 10.9 Å². The standard InChI is InChI=1S/C11H8BrN3S/c12-8-1-3-9(4-2-8)15-10(5-13)11-6-14-7-16-11/h1-4,6-7,10,15H. The van der Waals surface area contributed by atoms with Crippen LogP contribution in [0.25, 0.3) is 0 Å². The lowest BCUT2D eigenvalue weighted by molar-refractivity contribution is 1.02. The Balaban J connectivity index is 2.14. The Morgan fingerprint density at radius 1 is 1.38 bits per heavy atom. The molecule has 0 radical (unpaired) electrons. The topological polar surface area (TPSA) is 48.7 Å². The molecule has 1 unspecified atom stereocenters. The maximum Gasteiger partial charge on any atom is 0.151 e. The second-order valence-corrected chi connectivity index (χ2v) is 4.95. The van der Waals surface area contributed by atoms with E-state index in [4.69, 9.17) is 5.26 Å². The fraction of sp³-hybridized carbons (Fsp3) is 0.0909. The predicted molar refractivity (Wildman–Crippen MR) is 68.2 cm³/mol. The highest BCUT2D eigenvalue weighted by atomic mass is 79.9. The predicted octanol–water partition coefficient (Wildman–Crippen LogP) is 3.58. The highest BCUT2D eigenvalue weighted by Gasteiger charge is 2.11. The molecular formula is C11H8BrN3S. The number of aromatic nitrogens is 1. The summed E-state index contributed by atoms with van der Waals surface area (Å²) in [6.07, 6.45) is 1.71. The maximum absolute atomic E-state index is 9.07. The molecule has 1 heterocycles. The summed E-state index contributed by atoms with van der Waals surface area (Å²) in [7, 11) is 0. The minimum atomic E-state index is -0.339. The summed E-state index contributed by atoms with van der Waals surface area (Å²) in [6, 6.07) is 9.60. The van der Waals surface area contributed by atoms with Crippen LogP contribution in [0.4, 0.5) is 5.69 Å². The minimum absolute atomic E-state index is 0.339. The smallest absolute Gasteiger partial charge is 0.151 e. The fourth-order valence-electron chi connectivity index (χ4n) is 1.25. The summed E-state index contributed by atoms with van der Waals surface area (Å²) in [5, 5.41) is 12.2. The average molecular weight is 294 g/mol. The van der Waals surface area contributed by atoms with Gasteiger partial charge in [0.1, 0.15) is 0 Å². The van der Waals surface area contributed by atoms with Gasteiger partial charge < -0.3 is 5.32 Å². The SMILES string of the molecule is N#CC(Nc1ccc(Br)cc1)c1cncs1. The molecule has 80 valence electrons. The molecule has 0 spiro atoms. The summed E-state index contributed by atoms with van der Waals surface area (Å²) >= 11 is 4.84. The third kappa shape index (κ3) is 2.60. The van der Waals surface area contributed by atoms with Crippen LogP contribution in [-0.2, 0) is 0 Å². The molecule has 2 rings (SSSR count). The van der Waals surface area contributed by atoms with Crippen LogP contribution < -0.4 is 5.32 Å². The first-order valence-corrected chi connectivity index (χ1v) is 6.27. The van der Waals surface area contributed by atoms with Gasteiger partial charge in [-0.2, -0.15) is 5.26 Å². The molecule has 0 aliphatic carbocycles. The monoisotopic (exact) mass is 293 g/mol.